The smallest absolute Gasteiger partial charge is 0.303 e. The van der Waals surface area contributed by atoms with Crippen molar-refractivity contribution in [3.63, 3.8) is 0 Å². The molecule has 4 rings (SSSR count). The molecule has 0 atom stereocenters. The molecule has 146 valence electrons. The summed E-state index contributed by atoms with van der Waals surface area (Å²) in [6, 6.07) is 12.2. The molecule has 1 saturated heterocycles. The van der Waals surface area contributed by atoms with Crippen LogP contribution in [0.4, 0.5) is 10.1 Å². The van der Waals surface area contributed by atoms with Crippen molar-refractivity contribution in [1.29, 1.82) is 0 Å². The number of carbonyl (C=O) groups is 2. The van der Waals surface area contributed by atoms with E-state index in [1.807, 2.05) is 0 Å². The molecule has 0 saturated carbocycles. The number of sulfonamides is 1. The Morgan fingerprint density at radius 3 is 2.32 bits per heavy atom. The highest BCUT2D eigenvalue weighted by Gasteiger charge is 2.39. The Morgan fingerprint density at radius 2 is 1.61 bits per heavy atom. The number of piperazine rings is 1. The fourth-order valence-corrected chi connectivity index (χ4v) is 5.13. The quantitative estimate of drug-likeness (QED) is 0.722. The number of nitrogens with zero attached hydrogens (tertiary/aromatic N) is 2. The minimum absolute atomic E-state index is 0.212. The van der Waals surface area contributed by atoms with E-state index in [-0.39, 0.29) is 24.7 Å². The van der Waals surface area contributed by atoms with Crippen LogP contribution in [0.1, 0.15) is 10.4 Å². The van der Waals surface area contributed by atoms with E-state index in [4.69, 9.17) is 0 Å². The second kappa shape index (κ2) is 7.08. The summed E-state index contributed by atoms with van der Waals surface area (Å²) in [5.74, 6) is -1.85. The van der Waals surface area contributed by atoms with Gasteiger partial charge >= 0.3 is 5.91 Å². The maximum Gasteiger partial charge on any atom is 0.303 e. The predicted molar refractivity (Wildman–Crippen MR) is 99.0 cm³/mol. The summed E-state index contributed by atoms with van der Waals surface area (Å²) < 4.78 is 40.6. The van der Waals surface area contributed by atoms with Crippen molar-refractivity contribution in [2.75, 3.05) is 37.7 Å². The standard InChI is InChI=1S/C19H18FN3O4S/c20-15-6-2-4-8-17(15)28(26,27)22-11-9-21(10-12-22)13-23-16-7-3-1-5-14(16)18(24)19(23)25/h1-8H,9-13H2/p+1. The van der Waals surface area contributed by atoms with Gasteiger partial charge in [0, 0.05) is 0 Å². The Bertz CT molecular complexity index is 1050. The molecule has 0 unspecified atom stereocenters. The van der Waals surface area contributed by atoms with Gasteiger partial charge in [-0.1, -0.05) is 24.3 Å². The largest absolute Gasteiger partial charge is 0.315 e. The van der Waals surface area contributed by atoms with Crippen molar-refractivity contribution < 1.29 is 27.3 Å². The lowest BCUT2D eigenvalue weighted by atomic mass is 10.1. The van der Waals surface area contributed by atoms with Gasteiger partial charge in [0.15, 0.2) is 6.67 Å². The predicted octanol–water partition coefficient (Wildman–Crippen LogP) is -0.0981. The van der Waals surface area contributed by atoms with Crippen molar-refractivity contribution in [2.45, 2.75) is 4.90 Å². The second-order valence-electron chi connectivity index (χ2n) is 6.82. The lowest BCUT2D eigenvalue weighted by molar-refractivity contribution is -0.902. The first-order valence-electron chi connectivity index (χ1n) is 8.93. The van der Waals surface area contributed by atoms with Crippen LogP contribution < -0.4 is 9.80 Å². The Balaban J connectivity index is 1.45. The lowest BCUT2D eigenvalue weighted by Gasteiger charge is -2.33. The third kappa shape index (κ3) is 3.11. The van der Waals surface area contributed by atoms with E-state index < -0.39 is 27.5 Å². The average molecular weight is 404 g/mol. The van der Waals surface area contributed by atoms with Crippen molar-refractivity contribution in [3.05, 3.63) is 59.9 Å². The molecule has 28 heavy (non-hydrogen) atoms. The molecule has 9 heteroatoms. The summed E-state index contributed by atoms with van der Waals surface area (Å²) in [5, 5.41) is 0. The van der Waals surface area contributed by atoms with Crippen LogP contribution in [-0.2, 0) is 14.8 Å². The summed E-state index contributed by atoms with van der Waals surface area (Å²) in [6.07, 6.45) is 0. The van der Waals surface area contributed by atoms with Crippen LogP contribution in [0.15, 0.2) is 53.4 Å². The minimum Gasteiger partial charge on any atom is -0.315 e. The normalized spacial score (nSPS) is 18.5. The number of fused-ring (bicyclic) bond motifs is 1. The molecular formula is C19H19FN3O4S+. The number of carbonyl (C=O) groups excluding carboxylic acids is 2. The molecule has 0 radical (unpaired) electrons. The van der Waals surface area contributed by atoms with E-state index >= 15 is 0 Å². The number of hydrogen-bond acceptors (Lipinski definition) is 4. The van der Waals surface area contributed by atoms with Crippen molar-refractivity contribution >= 4 is 27.4 Å². The number of quaternary nitrogens is 1. The first kappa shape index (κ1) is 18.7. The summed E-state index contributed by atoms with van der Waals surface area (Å²) in [5.41, 5.74) is 0.985. The Morgan fingerprint density at radius 1 is 0.964 bits per heavy atom. The van der Waals surface area contributed by atoms with E-state index in [1.165, 1.54) is 27.4 Å². The zero-order valence-corrected chi connectivity index (χ0v) is 15.8. The number of para-hydroxylation sites is 1. The fourth-order valence-electron chi connectivity index (χ4n) is 3.62. The maximum atomic E-state index is 13.9. The fraction of sp³-hybridized carbons (Fsp3) is 0.263. The summed E-state index contributed by atoms with van der Waals surface area (Å²) in [7, 11) is -3.90. The van der Waals surface area contributed by atoms with E-state index in [2.05, 4.69) is 0 Å². The number of hydrogen-bond donors (Lipinski definition) is 1. The van der Waals surface area contributed by atoms with E-state index in [1.54, 1.807) is 24.3 Å². The highest BCUT2D eigenvalue weighted by atomic mass is 32.2. The van der Waals surface area contributed by atoms with Gasteiger partial charge in [-0.15, -0.1) is 0 Å². The first-order chi connectivity index (χ1) is 13.4. The van der Waals surface area contributed by atoms with Gasteiger partial charge in [0.1, 0.15) is 10.7 Å². The van der Waals surface area contributed by atoms with Crippen LogP contribution in [0.5, 0.6) is 0 Å². The summed E-state index contributed by atoms with van der Waals surface area (Å²) in [4.78, 5) is 26.5. The zero-order chi connectivity index (χ0) is 19.9. The van der Waals surface area contributed by atoms with Crippen LogP contribution in [0.25, 0.3) is 0 Å². The van der Waals surface area contributed by atoms with Crippen molar-refractivity contribution in [2.24, 2.45) is 0 Å². The number of ketones is 1. The Kier molecular flexibility index (Phi) is 4.74. The van der Waals surface area contributed by atoms with E-state index in [9.17, 15) is 22.4 Å². The number of rotatable bonds is 4. The molecule has 2 heterocycles. The Hall–Kier alpha value is -2.62. The van der Waals surface area contributed by atoms with Gasteiger partial charge in [-0.3, -0.25) is 14.5 Å². The number of anilines is 1. The van der Waals surface area contributed by atoms with E-state index in [0.29, 0.717) is 24.3 Å². The average Bonchev–Trinajstić information content (AvgIpc) is 2.94. The number of amides is 1. The molecule has 1 N–H and O–H groups in total. The molecule has 1 fully saturated rings. The second-order valence-corrected chi connectivity index (χ2v) is 8.73. The van der Waals surface area contributed by atoms with Crippen molar-refractivity contribution in [3.8, 4) is 0 Å². The van der Waals surface area contributed by atoms with Gasteiger partial charge in [-0.05, 0) is 24.3 Å². The zero-order valence-electron chi connectivity index (χ0n) is 15.0. The highest BCUT2D eigenvalue weighted by Crippen LogP contribution is 2.27. The molecule has 0 spiro atoms. The van der Waals surface area contributed by atoms with Gasteiger partial charge in [0.2, 0.25) is 10.0 Å². The molecule has 7 nitrogen and oxygen atoms in total. The van der Waals surface area contributed by atoms with Gasteiger partial charge in [0.05, 0.1) is 37.4 Å². The van der Waals surface area contributed by atoms with Gasteiger partial charge < -0.3 is 4.90 Å². The topological polar surface area (TPSA) is 79.2 Å². The molecular weight excluding hydrogens is 385 g/mol. The molecule has 1 amide bonds. The number of nitrogens with one attached hydrogen (secondary N) is 1. The Labute approximate surface area is 162 Å². The van der Waals surface area contributed by atoms with Gasteiger partial charge in [-0.2, -0.15) is 4.31 Å². The highest BCUT2D eigenvalue weighted by molar-refractivity contribution is 7.89. The lowest BCUT2D eigenvalue weighted by Crippen LogP contribution is -3.16. The van der Waals surface area contributed by atoms with Crippen LogP contribution in [0, 0.1) is 5.82 Å². The summed E-state index contributed by atoms with van der Waals surface area (Å²) >= 11 is 0. The number of benzene rings is 2. The molecule has 0 aromatic heterocycles. The van der Waals surface area contributed by atoms with E-state index in [0.717, 1.165) is 11.0 Å². The number of halogens is 1. The summed E-state index contributed by atoms with van der Waals surface area (Å²) in [6.45, 7) is 1.62. The SMILES string of the molecule is O=C1C(=O)N(C[NH+]2CCN(S(=O)(=O)c3ccccc3F)CC2)c2ccccc21. The number of Topliss-reactive ketones (excluding diaryl/α,β-unsaturated/α-hetero) is 1. The molecule has 2 aliphatic rings. The minimum atomic E-state index is -3.90. The van der Waals surface area contributed by atoms with Gasteiger partial charge in [-0.25, -0.2) is 12.8 Å². The molecule has 2 aromatic carbocycles. The first-order valence-corrected chi connectivity index (χ1v) is 10.4. The molecule has 0 aliphatic carbocycles. The maximum absolute atomic E-state index is 13.9. The molecule has 0 bridgehead atoms. The third-order valence-electron chi connectivity index (χ3n) is 5.14. The van der Waals surface area contributed by atoms with Crippen LogP contribution in [0.3, 0.4) is 0 Å². The van der Waals surface area contributed by atoms with Crippen LogP contribution in [0.2, 0.25) is 0 Å². The third-order valence-corrected chi connectivity index (χ3v) is 7.08. The molecule has 2 aliphatic heterocycles. The monoisotopic (exact) mass is 404 g/mol. The molecule has 2 aromatic rings. The van der Waals surface area contributed by atoms with Crippen molar-refractivity contribution in [1.82, 2.24) is 4.31 Å². The van der Waals surface area contributed by atoms with Crippen LogP contribution >= 0.6 is 0 Å². The van der Waals surface area contributed by atoms with Gasteiger partial charge in [0.25, 0.3) is 5.78 Å². The van der Waals surface area contributed by atoms with Crippen LogP contribution in [-0.4, -0.2) is 57.3 Å².